The Balaban J connectivity index is 1.51. The largest absolute Gasteiger partial charge is 0.506 e. The van der Waals surface area contributed by atoms with Crippen LogP contribution in [0.2, 0.25) is 0 Å². The summed E-state index contributed by atoms with van der Waals surface area (Å²) in [5.41, 5.74) is 4.90. The lowest BCUT2D eigenvalue weighted by molar-refractivity contribution is 0.0595. The van der Waals surface area contributed by atoms with Crippen LogP contribution in [0.3, 0.4) is 0 Å². The SMILES string of the molecule is COC(=O)c1ccc(O)c2c1C1(CCN(CC(C)(C)C)CC1)CN2c1ccccc1NC(=O)Nc1ccc(C)cc1. The van der Waals surface area contributed by atoms with Crippen molar-refractivity contribution in [3.63, 3.8) is 0 Å². The van der Waals surface area contributed by atoms with Crippen molar-refractivity contribution in [3.05, 3.63) is 77.4 Å². The minimum atomic E-state index is -0.413. The van der Waals surface area contributed by atoms with E-state index in [1.165, 1.54) is 7.11 Å². The first-order valence-corrected chi connectivity index (χ1v) is 14.2. The molecule has 2 heterocycles. The average molecular weight is 557 g/mol. The van der Waals surface area contributed by atoms with E-state index < -0.39 is 5.97 Å². The molecule has 1 spiro atoms. The molecule has 2 amide bonds. The lowest BCUT2D eigenvalue weighted by atomic mass is 9.72. The molecular formula is C33H40N4O4. The van der Waals surface area contributed by atoms with E-state index in [0.717, 1.165) is 49.3 Å². The normalized spacial score (nSPS) is 16.4. The zero-order valence-electron chi connectivity index (χ0n) is 24.6. The van der Waals surface area contributed by atoms with Gasteiger partial charge in [0, 0.05) is 29.8 Å². The molecule has 3 aromatic carbocycles. The van der Waals surface area contributed by atoms with Crippen molar-refractivity contribution < 1.29 is 19.4 Å². The first kappa shape index (κ1) is 28.5. The fourth-order valence-electron chi connectivity index (χ4n) is 6.29. The summed E-state index contributed by atoms with van der Waals surface area (Å²) in [6.07, 6.45) is 1.67. The number of aryl methyl sites for hydroxylation is 1. The number of para-hydroxylation sites is 2. The van der Waals surface area contributed by atoms with Crippen molar-refractivity contribution in [1.82, 2.24) is 4.90 Å². The lowest BCUT2D eigenvalue weighted by Crippen LogP contribution is -2.47. The van der Waals surface area contributed by atoms with Crippen LogP contribution in [0.4, 0.5) is 27.5 Å². The maximum Gasteiger partial charge on any atom is 0.338 e. The Morgan fingerprint density at radius 3 is 2.32 bits per heavy atom. The van der Waals surface area contributed by atoms with Gasteiger partial charge in [0.1, 0.15) is 5.75 Å². The predicted molar refractivity (Wildman–Crippen MR) is 164 cm³/mol. The Labute approximate surface area is 242 Å². The summed E-state index contributed by atoms with van der Waals surface area (Å²) in [4.78, 5) is 30.6. The van der Waals surface area contributed by atoms with Crippen LogP contribution in [0.15, 0.2) is 60.7 Å². The number of fused-ring (bicyclic) bond motifs is 2. The number of phenols is 1. The Bertz CT molecular complexity index is 1440. The van der Waals surface area contributed by atoms with Gasteiger partial charge in [0.2, 0.25) is 0 Å². The lowest BCUT2D eigenvalue weighted by Gasteiger charge is -2.42. The number of urea groups is 1. The molecule has 0 radical (unpaired) electrons. The molecule has 0 bridgehead atoms. The predicted octanol–water partition coefficient (Wildman–Crippen LogP) is 6.66. The Kier molecular flexibility index (Phi) is 7.70. The second kappa shape index (κ2) is 11.1. The topological polar surface area (TPSA) is 94.1 Å². The van der Waals surface area contributed by atoms with E-state index in [1.54, 1.807) is 12.1 Å². The van der Waals surface area contributed by atoms with Crippen molar-refractivity contribution >= 4 is 34.7 Å². The first-order valence-electron chi connectivity index (χ1n) is 14.2. The minimum Gasteiger partial charge on any atom is -0.506 e. The number of carbonyl (C=O) groups excluding carboxylic acids is 2. The van der Waals surface area contributed by atoms with E-state index in [1.807, 2.05) is 55.5 Å². The van der Waals surface area contributed by atoms with Crippen molar-refractivity contribution in [3.8, 4) is 5.75 Å². The molecule has 216 valence electrons. The molecule has 8 heteroatoms. The summed E-state index contributed by atoms with van der Waals surface area (Å²) in [6.45, 7) is 12.1. The number of ether oxygens (including phenoxy) is 1. The number of nitrogens with zero attached hydrogens (tertiary/aromatic N) is 2. The van der Waals surface area contributed by atoms with Crippen LogP contribution >= 0.6 is 0 Å². The number of likely N-dealkylation sites (tertiary alicyclic amines) is 1. The third-order valence-corrected chi connectivity index (χ3v) is 8.09. The Morgan fingerprint density at radius 2 is 1.66 bits per heavy atom. The number of amides is 2. The number of benzene rings is 3. The van der Waals surface area contributed by atoms with E-state index >= 15 is 0 Å². The van der Waals surface area contributed by atoms with Gasteiger partial charge in [-0.15, -0.1) is 0 Å². The van der Waals surface area contributed by atoms with Crippen molar-refractivity contribution in [2.75, 3.05) is 48.8 Å². The van der Waals surface area contributed by atoms with Crippen LogP contribution in [-0.4, -0.2) is 55.3 Å². The average Bonchev–Trinajstić information content (AvgIpc) is 3.26. The van der Waals surface area contributed by atoms with E-state index in [-0.39, 0.29) is 22.6 Å². The number of rotatable bonds is 5. The van der Waals surface area contributed by atoms with Gasteiger partial charge in [-0.1, -0.05) is 50.6 Å². The minimum absolute atomic E-state index is 0.0977. The maximum absolute atomic E-state index is 13.0. The van der Waals surface area contributed by atoms with Gasteiger partial charge in [0.05, 0.1) is 29.7 Å². The standard InChI is InChI=1S/C33H40N4O4/c1-22-10-12-23(13-11-22)34-31(40)35-25-8-6-7-9-26(25)37-21-33(16-18-36(19-17-33)20-32(2,3)4)28-24(30(39)41-5)14-15-27(38)29(28)37/h6-15,38H,16-21H2,1-5H3,(H2,34,35,40). The van der Waals surface area contributed by atoms with Crippen LogP contribution in [0.1, 0.15) is 55.1 Å². The molecule has 1 saturated heterocycles. The first-order chi connectivity index (χ1) is 19.5. The highest BCUT2D eigenvalue weighted by Gasteiger charge is 2.49. The van der Waals surface area contributed by atoms with Gasteiger partial charge in [-0.2, -0.15) is 0 Å². The van der Waals surface area contributed by atoms with E-state index in [0.29, 0.717) is 29.2 Å². The third-order valence-electron chi connectivity index (χ3n) is 8.09. The number of phenolic OH excluding ortho intramolecular Hbond substituents is 1. The number of carbonyl (C=O) groups is 2. The molecule has 3 aromatic rings. The van der Waals surface area contributed by atoms with Gasteiger partial charge in [0.15, 0.2) is 0 Å². The van der Waals surface area contributed by atoms with E-state index in [9.17, 15) is 14.7 Å². The molecule has 3 N–H and O–H groups in total. The highest BCUT2D eigenvalue weighted by molar-refractivity contribution is 6.03. The highest BCUT2D eigenvalue weighted by atomic mass is 16.5. The highest BCUT2D eigenvalue weighted by Crippen LogP contribution is 2.55. The van der Waals surface area contributed by atoms with Crippen LogP contribution < -0.4 is 15.5 Å². The second-order valence-corrected chi connectivity index (χ2v) is 12.5. The van der Waals surface area contributed by atoms with Gasteiger partial charge in [-0.3, -0.25) is 0 Å². The summed E-state index contributed by atoms with van der Waals surface area (Å²) < 4.78 is 5.19. The molecule has 2 aliphatic rings. The van der Waals surface area contributed by atoms with Crippen LogP contribution in [0.5, 0.6) is 5.75 Å². The van der Waals surface area contributed by atoms with Crippen LogP contribution in [0.25, 0.3) is 0 Å². The number of methoxy groups -OCH3 is 1. The van der Waals surface area contributed by atoms with Gasteiger partial charge >= 0.3 is 12.0 Å². The number of piperidine rings is 1. The smallest absolute Gasteiger partial charge is 0.338 e. The molecule has 1 fully saturated rings. The summed E-state index contributed by atoms with van der Waals surface area (Å²) in [7, 11) is 1.39. The second-order valence-electron chi connectivity index (χ2n) is 12.5. The van der Waals surface area contributed by atoms with Crippen molar-refractivity contribution in [2.45, 2.75) is 46.0 Å². The molecule has 0 unspecified atom stereocenters. The molecule has 0 aromatic heterocycles. The van der Waals surface area contributed by atoms with Crippen LogP contribution in [0, 0.1) is 12.3 Å². The molecule has 0 atom stereocenters. The molecule has 41 heavy (non-hydrogen) atoms. The Morgan fingerprint density at radius 1 is 0.976 bits per heavy atom. The molecule has 8 nitrogen and oxygen atoms in total. The number of anilines is 4. The van der Waals surface area contributed by atoms with Gasteiger partial charge in [0.25, 0.3) is 0 Å². The van der Waals surface area contributed by atoms with Gasteiger partial charge < -0.3 is 30.3 Å². The van der Waals surface area contributed by atoms with Crippen molar-refractivity contribution in [2.24, 2.45) is 5.41 Å². The van der Waals surface area contributed by atoms with Gasteiger partial charge in [-0.05, 0) is 74.7 Å². The zero-order chi connectivity index (χ0) is 29.4. The molecular weight excluding hydrogens is 516 g/mol. The van der Waals surface area contributed by atoms with E-state index in [2.05, 4.69) is 41.2 Å². The van der Waals surface area contributed by atoms with Gasteiger partial charge in [-0.25, -0.2) is 9.59 Å². The summed E-state index contributed by atoms with van der Waals surface area (Å²) in [5.74, 6) is -0.316. The van der Waals surface area contributed by atoms with Crippen LogP contribution in [-0.2, 0) is 10.2 Å². The summed E-state index contributed by atoms with van der Waals surface area (Å²) in [5, 5.41) is 17.1. The van der Waals surface area contributed by atoms with Crippen molar-refractivity contribution in [1.29, 1.82) is 0 Å². The summed E-state index contributed by atoms with van der Waals surface area (Å²) >= 11 is 0. The number of nitrogens with one attached hydrogen (secondary N) is 2. The fraction of sp³-hybridized carbons (Fsp3) is 0.394. The molecule has 5 rings (SSSR count). The molecule has 0 saturated carbocycles. The quantitative estimate of drug-likeness (QED) is 0.304. The number of aromatic hydroxyl groups is 1. The summed E-state index contributed by atoms with van der Waals surface area (Å²) in [6, 6.07) is 18.0. The van der Waals surface area contributed by atoms with E-state index in [4.69, 9.17) is 4.74 Å². The number of esters is 1. The molecule has 2 aliphatic heterocycles. The maximum atomic E-state index is 13.0. The fourth-order valence-corrected chi connectivity index (χ4v) is 6.29. The Hall–Kier alpha value is -4.04. The number of hydrogen-bond donors (Lipinski definition) is 3. The monoisotopic (exact) mass is 556 g/mol. The zero-order valence-corrected chi connectivity index (χ0v) is 24.6. The number of hydrogen-bond acceptors (Lipinski definition) is 6. The molecule has 0 aliphatic carbocycles. The third kappa shape index (κ3) is 5.88.